The maximum absolute atomic E-state index is 12.5. The molecule has 0 aliphatic carbocycles. The Morgan fingerprint density at radius 2 is 1.74 bits per heavy atom. The second kappa shape index (κ2) is 10.7. The first-order valence-electron chi connectivity index (χ1n) is 10.5. The maximum Gasteiger partial charge on any atom is 0.338 e. The molecule has 4 rings (SSSR count). The molecule has 2 N–H and O–H groups in total. The SMILES string of the molecule is O=C(COC(=O)c1cccc(CN2C(=O)CNC2=O)c1)Nc1ccccc1Sc1ccccc1. The molecular weight excluding hydrogens is 454 g/mol. The van der Waals surface area contributed by atoms with E-state index in [-0.39, 0.29) is 24.6 Å². The molecule has 0 radical (unpaired) electrons. The highest BCUT2D eigenvalue weighted by Crippen LogP contribution is 2.33. The van der Waals surface area contributed by atoms with Crippen molar-refractivity contribution in [3.8, 4) is 0 Å². The van der Waals surface area contributed by atoms with Crippen molar-refractivity contribution in [2.75, 3.05) is 18.5 Å². The van der Waals surface area contributed by atoms with E-state index in [4.69, 9.17) is 4.74 Å². The van der Waals surface area contributed by atoms with Gasteiger partial charge in [-0.2, -0.15) is 0 Å². The Morgan fingerprint density at radius 3 is 2.50 bits per heavy atom. The Bertz CT molecular complexity index is 1220. The standard InChI is InChI=1S/C25H21N3O5S/c29-22(27-20-11-4-5-12-21(20)34-19-9-2-1-3-10-19)16-33-24(31)18-8-6-7-17(13-18)15-28-23(30)14-26-25(28)32/h1-13H,14-16H2,(H,26,32)(H,27,29). The number of anilines is 1. The van der Waals surface area contributed by atoms with Gasteiger partial charge in [0.1, 0.15) is 0 Å². The zero-order valence-corrected chi connectivity index (χ0v) is 18.8. The van der Waals surface area contributed by atoms with E-state index in [9.17, 15) is 19.2 Å². The first kappa shape index (κ1) is 23.1. The number of carbonyl (C=O) groups is 4. The predicted molar refractivity (Wildman–Crippen MR) is 126 cm³/mol. The van der Waals surface area contributed by atoms with Gasteiger partial charge in [-0.05, 0) is 42.0 Å². The molecule has 1 aliphatic rings. The van der Waals surface area contributed by atoms with E-state index in [2.05, 4.69) is 10.6 Å². The number of esters is 1. The van der Waals surface area contributed by atoms with E-state index in [1.165, 1.54) is 17.8 Å². The lowest BCUT2D eigenvalue weighted by atomic mass is 10.1. The number of imide groups is 1. The molecule has 0 atom stereocenters. The minimum absolute atomic E-state index is 0.0390. The van der Waals surface area contributed by atoms with Crippen LogP contribution in [0.5, 0.6) is 0 Å². The molecule has 1 heterocycles. The highest BCUT2D eigenvalue weighted by atomic mass is 32.2. The van der Waals surface area contributed by atoms with Crippen LogP contribution in [0, 0.1) is 0 Å². The molecule has 3 aromatic rings. The minimum atomic E-state index is -0.679. The number of ether oxygens (including phenoxy) is 1. The maximum atomic E-state index is 12.5. The highest BCUT2D eigenvalue weighted by molar-refractivity contribution is 7.99. The number of amides is 4. The minimum Gasteiger partial charge on any atom is -0.452 e. The molecule has 0 aromatic heterocycles. The summed E-state index contributed by atoms with van der Waals surface area (Å²) in [6, 6.07) is 23.1. The van der Waals surface area contributed by atoms with Gasteiger partial charge in [0.2, 0.25) is 5.91 Å². The van der Waals surface area contributed by atoms with Crippen molar-refractivity contribution in [1.29, 1.82) is 0 Å². The van der Waals surface area contributed by atoms with E-state index in [1.54, 1.807) is 24.3 Å². The summed E-state index contributed by atoms with van der Waals surface area (Å²) >= 11 is 1.51. The lowest BCUT2D eigenvalue weighted by molar-refractivity contribution is -0.125. The summed E-state index contributed by atoms with van der Waals surface area (Å²) < 4.78 is 5.17. The number of rotatable bonds is 8. The normalized spacial score (nSPS) is 12.9. The third-order valence-electron chi connectivity index (χ3n) is 4.91. The molecular formula is C25H21N3O5S. The third kappa shape index (κ3) is 5.81. The van der Waals surface area contributed by atoms with Crippen LogP contribution >= 0.6 is 11.8 Å². The van der Waals surface area contributed by atoms with Crippen LogP contribution in [0.15, 0.2) is 88.7 Å². The number of benzene rings is 3. The van der Waals surface area contributed by atoms with E-state index in [0.29, 0.717) is 11.3 Å². The predicted octanol–water partition coefficient (Wildman–Crippen LogP) is 3.69. The van der Waals surface area contributed by atoms with E-state index < -0.39 is 24.5 Å². The van der Waals surface area contributed by atoms with Crippen LogP contribution in [0.3, 0.4) is 0 Å². The molecule has 0 spiro atoms. The van der Waals surface area contributed by atoms with Gasteiger partial charge in [0.25, 0.3) is 5.91 Å². The van der Waals surface area contributed by atoms with E-state index >= 15 is 0 Å². The molecule has 0 saturated carbocycles. The van der Waals surface area contributed by atoms with Crippen LogP contribution < -0.4 is 10.6 Å². The number of para-hydroxylation sites is 1. The van der Waals surface area contributed by atoms with E-state index in [0.717, 1.165) is 14.7 Å². The number of carbonyl (C=O) groups excluding carboxylic acids is 4. The summed E-state index contributed by atoms with van der Waals surface area (Å²) in [6.07, 6.45) is 0. The van der Waals surface area contributed by atoms with Crippen molar-refractivity contribution >= 4 is 41.3 Å². The van der Waals surface area contributed by atoms with E-state index in [1.807, 2.05) is 48.5 Å². The third-order valence-corrected chi connectivity index (χ3v) is 5.99. The first-order chi connectivity index (χ1) is 16.5. The lowest BCUT2D eigenvalue weighted by Crippen LogP contribution is -2.30. The Hall–Kier alpha value is -4.11. The van der Waals surface area contributed by atoms with Crippen molar-refractivity contribution in [2.24, 2.45) is 0 Å². The largest absolute Gasteiger partial charge is 0.452 e. The Morgan fingerprint density at radius 1 is 0.971 bits per heavy atom. The number of urea groups is 1. The summed E-state index contributed by atoms with van der Waals surface area (Å²) in [5, 5.41) is 5.23. The van der Waals surface area contributed by atoms with Crippen LogP contribution in [0.1, 0.15) is 15.9 Å². The van der Waals surface area contributed by atoms with Gasteiger partial charge in [0.15, 0.2) is 6.61 Å². The number of nitrogens with one attached hydrogen (secondary N) is 2. The summed E-state index contributed by atoms with van der Waals surface area (Å²) in [6.45, 7) is -0.453. The van der Waals surface area contributed by atoms with Crippen LogP contribution in [0.25, 0.3) is 0 Å². The van der Waals surface area contributed by atoms with Crippen LogP contribution in [0.4, 0.5) is 10.5 Å². The summed E-state index contributed by atoms with van der Waals surface area (Å²) in [5.41, 5.74) is 1.43. The van der Waals surface area contributed by atoms with Gasteiger partial charge in [-0.1, -0.05) is 54.2 Å². The molecule has 172 valence electrons. The first-order valence-corrected chi connectivity index (χ1v) is 11.3. The molecule has 9 heteroatoms. The van der Waals surface area contributed by atoms with Gasteiger partial charge in [-0.25, -0.2) is 9.59 Å². The van der Waals surface area contributed by atoms with Crippen molar-refractivity contribution in [2.45, 2.75) is 16.3 Å². The second-order valence-electron chi connectivity index (χ2n) is 7.37. The topological polar surface area (TPSA) is 105 Å². The number of nitrogens with zero attached hydrogens (tertiary/aromatic N) is 1. The molecule has 4 amide bonds. The quantitative estimate of drug-likeness (QED) is 0.380. The van der Waals surface area contributed by atoms with Crippen molar-refractivity contribution in [3.05, 3.63) is 90.0 Å². The van der Waals surface area contributed by atoms with Gasteiger partial charge in [-0.15, -0.1) is 0 Å². The molecule has 8 nitrogen and oxygen atoms in total. The smallest absolute Gasteiger partial charge is 0.338 e. The summed E-state index contributed by atoms with van der Waals surface area (Å²) in [5.74, 6) is -1.48. The molecule has 0 unspecified atom stereocenters. The number of hydrogen-bond acceptors (Lipinski definition) is 6. The zero-order valence-electron chi connectivity index (χ0n) is 18.0. The van der Waals surface area contributed by atoms with Crippen molar-refractivity contribution in [1.82, 2.24) is 10.2 Å². The second-order valence-corrected chi connectivity index (χ2v) is 8.49. The van der Waals surface area contributed by atoms with Crippen LogP contribution in [-0.2, 0) is 20.9 Å². The Balaban J connectivity index is 1.34. The Labute approximate surface area is 200 Å². The molecule has 3 aromatic carbocycles. The molecule has 34 heavy (non-hydrogen) atoms. The van der Waals surface area contributed by atoms with Gasteiger partial charge in [0, 0.05) is 9.79 Å². The fourth-order valence-corrected chi connectivity index (χ4v) is 4.19. The summed E-state index contributed by atoms with van der Waals surface area (Å²) in [4.78, 5) is 51.3. The fourth-order valence-electron chi connectivity index (χ4n) is 3.27. The van der Waals surface area contributed by atoms with Crippen molar-refractivity contribution < 1.29 is 23.9 Å². The molecule has 1 saturated heterocycles. The van der Waals surface area contributed by atoms with Crippen LogP contribution in [0.2, 0.25) is 0 Å². The number of hydrogen-bond donors (Lipinski definition) is 2. The van der Waals surface area contributed by atoms with Gasteiger partial charge >= 0.3 is 12.0 Å². The van der Waals surface area contributed by atoms with Gasteiger partial charge in [-0.3, -0.25) is 14.5 Å². The molecule has 0 bridgehead atoms. The lowest BCUT2D eigenvalue weighted by Gasteiger charge is -2.13. The molecule has 1 aliphatic heterocycles. The molecule has 1 fully saturated rings. The van der Waals surface area contributed by atoms with Gasteiger partial charge < -0.3 is 15.4 Å². The van der Waals surface area contributed by atoms with Gasteiger partial charge in [0.05, 0.1) is 24.3 Å². The Kier molecular flexibility index (Phi) is 7.24. The fraction of sp³-hybridized carbons (Fsp3) is 0.120. The van der Waals surface area contributed by atoms with Crippen LogP contribution in [-0.4, -0.2) is 41.9 Å². The average molecular weight is 476 g/mol. The average Bonchev–Trinajstić information content (AvgIpc) is 3.16. The monoisotopic (exact) mass is 475 g/mol. The van der Waals surface area contributed by atoms with Crippen molar-refractivity contribution in [3.63, 3.8) is 0 Å². The highest BCUT2D eigenvalue weighted by Gasteiger charge is 2.28. The zero-order chi connectivity index (χ0) is 23.9. The summed E-state index contributed by atoms with van der Waals surface area (Å²) in [7, 11) is 0.